The molecule has 3 nitrogen and oxygen atoms in total. The molecule has 1 aliphatic rings. The van der Waals surface area contributed by atoms with Crippen LogP contribution in [0.1, 0.15) is 25.3 Å². The van der Waals surface area contributed by atoms with E-state index in [1.54, 1.807) is 0 Å². The van der Waals surface area contributed by atoms with Gasteiger partial charge in [0.1, 0.15) is 5.54 Å². The van der Waals surface area contributed by atoms with Gasteiger partial charge < -0.3 is 5.32 Å². The maximum atomic E-state index is 12.2. The SMILES string of the molecule is C[C@](C#N)(NC(=O)Cc1ccc(-c2ccccc2)cc1)C1CC1. The van der Waals surface area contributed by atoms with Crippen molar-refractivity contribution in [3.63, 3.8) is 0 Å². The van der Waals surface area contributed by atoms with Crippen molar-refractivity contribution < 1.29 is 4.79 Å². The summed E-state index contributed by atoms with van der Waals surface area (Å²) in [5.74, 6) is 0.213. The molecule has 1 atom stereocenters. The number of hydrogen-bond donors (Lipinski definition) is 1. The molecule has 2 aromatic rings. The second-order valence-corrected chi connectivity index (χ2v) is 6.38. The van der Waals surface area contributed by atoms with Crippen molar-refractivity contribution in [1.29, 1.82) is 5.26 Å². The molecule has 2 aromatic carbocycles. The molecule has 0 saturated heterocycles. The molecule has 116 valence electrons. The molecule has 1 saturated carbocycles. The normalized spacial score (nSPS) is 16.2. The molecule has 1 fully saturated rings. The van der Waals surface area contributed by atoms with Crippen molar-refractivity contribution in [1.82, 2.24) is 5.32 Å². The molecule has 3 heteroatoms. The van der Waals surface area contributed by atoms with Crippen LogP contribution in [0.15, 0.2) is 54.6 Å². The van der Waals surface area contributed by atoms with Crippen molar-refractivity contribution in [2.75, 3.05) is 0 Å². The fourth-order valence-electron chi connectivity index (χ4n) is 2.85. The van der Waals surface area contributed by atoms with Crippen molar-refractivity contribution >= 4 is 5.91 Å². The molecule has 1 aliphatic carbocycles. The average molecular weight is 304 g/mol. The van der Waals surface area contributed by atoms with E-state index in [0.717, 1.165) is 29.5 Å². The van der Waals surface area contributed by atoms with Crippen LogP contribution in [0.2, 0.25) is 0 Å². The Kier molecular flexibility index (Phi) is 4.16. The number of benzene rings is 2. The van der Waals surface area contributed by atoms with Crippen LogP contribution in [0, 0.1) is 17.2 Å². The summed E-state index contributed by atoms with van der Waals surface area (Å²) in [4.78, 5) is 12.2. The lowest BCUT2D eigenvalue weighted by molar-refractivity contribution is -0.121. The number of rotatable bonds is 5. The lowest BCUT2D eigenvalue weighted by Gasteiger charge is -2.22. The van der Waals surface area contributed by atoms with Crippen LogP contribution < -0.4 is 5.32 Å². The molecular weight excluding hydrogens is 284 g/mol. The van der Waals surface area contributed by atoms with E-state index in [1.807, 2.05) is 49.4 Å². The zero-order valence-electron chi connectivity index (χ0n) is 13.3. The molecule has 0 spiro atoms. The van der Waals surface area contributed by atoms with Gasteiger partial charge in [-0.15, -0.1) is 0 Å². The minimum absolute atomic E-state index is 0.0894. The van der Waals surface area contributed by atoms with E-state index >= 15 is 0 Å². The number of nitrogens with one attached hydrogen (secondary N) is 1. The topological polar surface area (TPSA) is 52.9 Å². The summed E-state index contributed by atoms with van der Waals surface area (Å²) in [5, 5.41) is 12.2. The van der Waals surface area contributed by atoms with E-state index in [4.69, 9.17) is 0 Å². The Morgan fingerprint density at radius 1 is 1.13 bits per heavy atom. The van der Waals surface area contributed by atoms with Gasteiger partial charge in [0.25, 0.3) is 0 Å². The first-order valence-corrected chi connectivity index (χ1v) is 7.97. The second-order valence-electron chi connectivity index (χ2n) is 6.38. The number of hydrogen-bond acceptors (Lipinski definition) is 2. The highest BCUT2D eigenvalue weighted by molar-refractivity contribution is 5.80. The van der Waals surface area contributed by atoms with E-state index in [-0.39, 0.29) is 5.91 Å². The Morgan fingerprint density at radius 3 is 2.30 bits per heavy atom. The zero-order valence-corrected chi connectivity index (χ0v) is 13.3. The molecule has 0 aromatic heterocycles. The number of amides is 1. The molecule has 0 bridgehead atoms. The van der Waals surface area contributed by atoms with Crippen LogP contribution in [0.5, 0.6) is 0 Å². The van der Waals surface area contributed by atoms with Gasteiger partial charge in [0, 0.05) is 0 Å². The number of carbonyl (C=O) groups excluding carboxylic acids is 1. The Labute approximate surface area is 137 Å². The molecule has 1 N–H and O–H groups in total. The summed E-state index contributed by atoms with van der Waals surface area (Å²) in [5.41, 5.74) is 2.53. The van der Waals surface area contributed by atoms with Crippen LogP contribution in [0.4, 0.5) is 0 Å². The van der Waals surface area contributed by atoms with E-state index in [1.165, 1.54) is 0 Å². The maximum absolute atomic E-state index is 12.2. The number of nitrogens with zero attached hydrogens (tertiary/aromatic N) is 1. The Bertz CT molecular complexity index is 726. The van der Waals surface area contributed by atoms with Gasteiger partial charge in [0.15, 0.2) is 0 Å². The molecule has 23 heavy (non-hydrogen) atoms. The second kappa shape index (κ2) is 6.26. The fourth-order valence-corrected chi connectivity index (χ4v) is 2.85. The smallest absolute Gasteiger partial charge is 0.225 e. The van der Waals surface area contributed by atoms with E-state index < -0.39 is 5.54 Å². The first kappa shape index (κ1) is 15.3. The van der Waals surface area contributed by atoms with Crippen molar-refractivity contribution in [3.8, 4) is 17.2 Å². The van der Waals surface area contributed by atoms with Gasteiger partial charge in [-0.3, -0.25) is 4.79 Å². The monoisotopic (exact) mass is 304 g/mol. The molecule has 0 aliphatic heterocycles. The molecule has 0 unspecified atom stereocenters. The number of carbonyl (C=O) groups is 1. The Balaban J connectivity index is 1.64. The maximum Gasteiger partial charge on any atom is 0.225 e. The van der Waals surface area contributed by atoms with Crippen LogP contribution in [0.25, 0.3) is 11.1 Å². The highest BCUT2D eigenvalue weighted by Gasteiger charge is 2.42. The van der Waals surface area contributed by atoms with Gasteiger partial charge in [0.2, 0.25) is 5.91 Å². The van der Waals surface area contributed by atoms with Crippen LogP contribution in [0.3, 0.4) is 0 Å². The van der Waals surface area contributed by atoms with Crippen LogP contribution in [-0.4, -0.2) is 11.4 Å². The first-order valence-electron chi connectivity index (χ1n) is 7.97. The van der Waals surface area contributed by atoms with E-state index in [2.05, 4.69) is 23.5 Å². The molecule has 0 radical (unpaired) electrons. The third-order valence-electron chi connectivity index (χ3n) is 4.45. The van der Waals surface area contributed by atoms with Crippen molar-refractivity contribution in [2.24, 2.45) is 5.92 Å². The molecular formula is C20H20N2O. The van der Waals surface area contributed by atoms with Gasteiger partial charge in [-0.1, -0.05) is 54.6 Å². The highest BCUT2D eigenvalue weighted by atomic mass is 16.1. The van der Waals surface area contributed by atoms with Crippen LogP contribution >= 0.6 is 0 Å². The van der Waals surface area contributed by atoms with Crippen LogP contribution in [-0.2, 0) is 11.2 Å². The van der Waals surface area contributed by atoms with Crippen molar-refractivity contribution in [3.05, 3.63) is 60.2 Å². The van der Waals surface area contributed by atoms with Crippen molar-refractivity contribution in [2.45, 2.75) is 31.7 Å². The quantitative estimate of drug-likeness (QED) is 0.915. The third kappa shape index (κ3) is 3.60. The summed E-state index contributed by atoms with van der Waals surface area (Å²) in [6.07, 6.45) is 2.35. The van der Waals surface area contributed by atoms with Gasteiger partial charge in [-0.25, -0.2) is 0 Å². The summed E-state index contributed by atoms with van der Waals surface area (Å²) in [6, 6.07) is 20.4. The predicted octanol–water partition coefficient (Wildman–Crippen LogP) is 3.70. The molecule has 3 rings (SSSR count). The molecule has 1 amide bonds. The first-order chi connectivity index (χ1) is 11.1. The summed E-state index contributed by atoms with van der Waals surface area (Å²) in [7, 11) is 0. The summed E-state index contributed by atoms with van der Waals surface area (Å²) < 4.78 is 0. The van der Waals surface area contributed by atoms with Gasteiger partial charge in [0.05, 0.1) is 12.5 Å². The zero-order chi connectivity index (χ0) is 16.3. The molecule has 0 heterocycles. The average Bonchev–Trinajstić information content (AvgIpc) is 3.41. The third-order valence-corrected chi connectivity index (χ3v) is 4.45. The largest absolute Gasteiger partial charge is 0.338 e. The minimum atomic E-state index is -0.721. The standard InChI is InChI=1S/C20H20N2O/c1-20(14-21,18-11-12-18)22-19(23)13-15-7-9-17(10-8-15)16-5-3-2-4-6-16/h2-10,18H,11-13H2,1H3,(H,22,23)/t20-/m1/s1. The fraction of sp³-hybridized carbons (Fsp3) is 0.300. The van der Waals surface area contributed by atoms with E-state index in [0.29, 0.717) is 12.3 Å². The number of nitriles is 1. The predicted molar refractivity (Wildman–Crippen MR) is 90.5 cm³/mol. The van der Waals surface area contributed by atoms with E-state index in [9.17, 15) is 10.1 Å². The highest BCUT2D eigenvalue weighted by Crippen LogP contribution is 2.39. The minimum Gasteiger partial charge on any atom is -0.338 e. The lowest BCUT2D eigenvalue weighted by atomic mass is 9.97. The Hall–Kier alpha value is -2.60. The summed E-state index contributed by atoms with van der Waals surface area (Å²) in [6.45, 7) is 1.82. The van der Waals surface area contributed by atoms with Gasteiger partial charge in [-0.2, -0.15) is 5.26 Å². The van der Waals surface area contributed by atoms with Gasteiger partial charge >= 0.3 is 0 Å². The lowest BCUT2D eigenvalue weighted by Crippen LogP contribution is -2.47. The van der Waals surface area contributed by atoms with Gasteiger partial charge in [-0.05, 0) is 42.4 Å². The summed E-state index contributed by atoms with van der Waals surface area (Å²) >= 11 is 0. The Morgan fingerprint density at radius 2 is 1.74 bits per heavy atom.